The molecule has 27 heavy (non-hydrogen) atoms. The minimum Gasteiger partial charge on any atom is -0.480 e. The maximum atomic E-state index is 11.1. The number of aliphatic carboxylic acids is 1. The van der Waals surface area contributed by atoms with E-state index >= 15 is 0 Å². The van der Waals surface area contributed by atoms with Crippen LogP contribution in [0.5, 0.6) is 0 Å². The van der Waals surface area contributed by atoms with E-state index in [0.717, 1.165) is 24.7 Å². The second-order valence-corrected chi connectivity index (χ2v) is 9.37. The van der Waals surface area contributed by atoms with Gasteiger partial charge in [0, 0.05) is 22.9 Å². The lowest BCUT2D eigenvalue weighted by Crippen LogP contribution is -2.36. The minimum atomic E-state index is -0.831. The van der Waals surface area contributed by atoms with Gasteiger partial charge >= 0.3 is 5.97 Å². The molecular weight excluding hydrogens is 453 g/mol. The molecule has 2 N–H and O–H groups in total. The van der Waals surface area contributed by atoms with Crippen molar-refractivity contribution in [1.82, 2.24) is 3.53 Å². The Kier molecular flexibility index (Phi) is 12.3. The van der Waals surface area contributed by atoms with Crippen LogP contribution in [0, 0.1) is 11.8 Å². The molecule has 0 radical (unpaired) electrons. The first kappa shape index (κ1) is 23.4. The first-order valence-electron chi connectivity index (χ1n) is 11.4. The van der Waals surface area contributed by atoms with Crippen molar-refractivity contribution in [3.63, 3.8) is 0 Å². The monoisotopic (exact) mass is 493 g/mol. The number of carboxylic acids is 1. The molecule has 0 amide bonds. The number of carboxylic acid groups (broad SMARTS) is 1. The zero-order valence-corrected chi connectivity index (χ0v) is 19.1. The van der Waals surface area contributed by atoms with E-state index in [1.165, 1.54) is 89.9 Å². The van der Waals surface area contributed by atoms with Crippen LogP contribution in [0.15, 0.2) is 0 Å². The summed E-state index contributed by atoms with van der Waals surface area (Å²) in [4.78, 5) is 11.1. The number of hydrogen-bond donors (Lipinski definition) is 2. The molecule has 0 spiro atoms. The molecule has 5 heteroatoms. The maximum absolute atomic E-state index is 11.1. The molecule has 2 rings (SSSR count). The van der Waals surface area contributed by atoms with Gasteiger partial charge in [-0.3, -0.25) is 4.79 Å². The third-order valence-corrected chi connectivity index (χ3v) is 7.45. The normalized spacial score (nSPS) is 28.5. The molecule has 158 valence electrons. The van der Waals surface area contributed by atoms with E-state index in [-0.39, 0.29) is 12.7 Å². The molecule has 0 aliphatic heterocycles. The lowest BCUT2D eigenvalue weighted by atomic mass is 9.78. The predicted molar refractivity (Wildman–Crippen MR) is 119 cm³/mol. The molecule has 2 aliphatic rings. The minimum absolute atomic E-state index is 0.234. The first-order chi connectivity index (χ1) is 13.2. The Balaban J connectivity index is 1.76. The summed E-state index contributed by atoms with van der Waals surface area (Å²) in [6.45, 7) is 0.271. The topological polar surface area (TPSA) is 58.6 Å². The average molecular weight is 493 g/mol. The van der Waals surface area contributed by atoms with Gasteiger partial charge < -0.3 is 9.84 Å². The Labute approximate surface area is 180 Å². The van der Waals surface area contributed by atoms with Crippen LogP contribution in [0.4, 0.5) is 0 Å². The van der Waals surface area contributed by atoms with Crippen molar-refractivity contribution in [2.45, 2.75) is 115 Å². The third-order valence-electron chi connectivity index (χ3n) is 6.70. The molecule has 2 aliphatic carbocycles. The van der Waals surface area contributed by atoms with Crippen LogP contribution >= 0.6 is 22.9 Å². The number of carbonyl (C=O) groups is 1. The highest BCUT2D eigenvalue weighted by atomic mass is 127. The van der Waals surface area contributed by atoms with E-state index in [1.807, 2.05) is 22.9 Å². The van der Waals surface area contributed by atoms with Gasteiger partial charge in [0.05, 0.1) is 12.7 Å². The zero-order valence-electron chi connectivity index (χ0n) is 17.0. The van der Waals surface area contributed by atoms with Crippen LogP contribution in [0.25, 0.3) is 0 Å². The highest BCUT2D eigenvalue weighted by molar-refractivity contribution is 14.1. The zero-order chi connectivity index (χ0) is 19.3. The molecule has 2 fully saturated rings. The third kappa shape index (κ3) is 9.44. The Hall–Kier alpha value is 0.120. The van der Waals surface area contributed by atoms with Crippen molar-refractivity contribution in [1.29, 1.82) is 0 Å². The number of nitrogens with one attached hydrogen (secondary N) is 1. The van der Waals surface area contributed by atoms with Gasteiger partial charge in [-0.15, -0.1) is 0 Å². The fraction of sp³-hybridized carbons (Fsp3) is 0.955. The second-order valence-electron chi connectivity index (χ2n) is 8.74. The fourth-order valence-electron chi connectivity index (χ4n) is 5.00. The highest BCUT2D eigenvalue weighted by Crippen LogP contribution is 2.35. The largest absolute Gasteiger partial charge is 0.480 e. The molecule has 0 heterocycles. The van der Waals surface area contributed by atoms with Gasteiger partial charge in [-0.2, -0.15) is 0 Å². The van der Waals surface area contributed by atoms with Crippen LogP contribution in [-0.2, 0) is 9.53 Å². The van der Waals surface area contributed by atoms with Gasteiger partial charge in [-0.05, 0) is 24.7 Å². The van der Waals surface area contributed by atoms with Crippen molar-refractivity contribution in [3.8, 4) is 0 Å². The van der Waals surface area contributed by atoms with Gasteiger partial charge in [0.2, 0.25) is 0 Å². The summed E-state index contributed by atoms with van der Waals surface area (Å²) in [5.41, 5.74) is 0. The molecule has 0 aromatic heterocycles. The smallest absolute Gasteiger partial charge is 0.323 e. The van der Waals surface area contributed by atoms with Crippen LogP contribution in [0.1, 0.15) is 103 Å². The molecule has 4 nitrogen and oxygen atoms in total. The maximum Gasteiger partial charge on any atom is 0.323 e. The Morgan fingerprint density at radius 2 is 1.22 bits per heavy atom. The molecule has 0 aromatic rings. The van der Waals surface area contributed by atoms with E-state index in [0.29, 0.717) is 0 Å². The van der Waals surface area contributed by atoms with E-state index in [9.17, 15) is 4.79 Å². The molecular formula is C22H40INO3. The molecule has 2 saturated carbocycles. The first-order valence-corrected chi connectivity index (χ1v) is 12.5. The average Bonchev–Trinajstić information content (AvgIpc) is 2.80. The molecule has 1 unspecified atom stereocenters. The van der Waals surface area contributed by atoms with E-state index in [1.54, 1.807) is 0 Å². The lowest BCUT2D eigenvalue weighted by Gasteiger charge is -2.29. The summed E-state index contributed by atoms with van der Waals surface area (Å²) in [7, 11) is 0. The lowest BCUT2D eigenvalue weighted by molar-refractivity contribution is -0.141. The molecule has 1 atom stereocenters. The summed E-state index contributed by atoms with van der Waals surface area (Å²) >= 11 is 1.90. The Morgan fingerprint density at radius 1 is 0.815 bits per heavy atom. The van der Waals surface area contributed by atoms with Crippen molar-refractivity contribution < 1.29 is 14.6 Å². The number of halogens is 1. The van der Waals surface area contributed by atoms with Gasteiger partial charge in [0.1, 0.15) is 6.04 Å². The number of rotatable bonds is 6. The van der Waals surface area contributed by atoms with Crippen molar-refractivity contribution in [2.75, 3.05) is 6.61 Å². The van der Waals surface area contributed by atoms with Gasteiger partial charge in [-0.25, -0.2) is 3.53 Å². The SMILES string of the molecule is O=C(O)C(COC1CCCCC(C2CCCCCCCC2)CCCC1)NI. The molecule has 0 aromatic carbocycles. The van der Waals surface area contributed by atoms with Gasteiger partial charge in [0.25, 0.3) is 0 Å². The summed E-state index contributed by atoms with van der Waals surface area (Å²) < 4.78 is 8.76. The van der Waals surface area contributed by atoms with Crippen LogP contribution in [-0.4, -0.2) is 29.8 Å². The molecule has 0 bridgehead atoms. The van der Waals surface area contributed by atoms with Crippen molar-refractivity contribution in [2.24, 2.45) is 11.8 Å². The molecule has 0 saturated heterocycles. The Morgan fingerprint density at radius 3 is 1.67 bits per heavy atom. The summed E-state index contributed by atoms with van der Waals surface area (Å²) in [5, 5.41) is 9.15. The van der Waals surface area contributed by atoms with E-state index in [4.69, 9.17) is 9.84 Å². The van der Waals surface area contributed by atoms with E-state index < -0.39 is 12.0 Å². The Bertz CT molecular complexity index is 385. The van der Waals surface area contributed by atoms with E-state index in [2.05, 4.69) is 3.53 Å². The predicted octanol–water partition coefficient (Wildman–Crippen LogP) is 6.27. The van der Waals surface area contributed by atoms with Crippen molar-refractivity contribution in [3.05, 3.63) is 0 Å². The van der Waals surface area contributed by atoms with Gasteiger partial charge in [0.15, 0.2) is 0 Å². The van der Waals surface area contributed by atoms with Crippen molar-refractivity contribution >= 4 is 28.8 Å². The summed E-state index contributed by atoms with van der Waals surface area (Å²) in [6.07, 6.45) is 21.9. The van der Waals surface area contributed by atoms with Gasteiger partial charge in [-0.1, -0.05) is 89.9 Å². The standard InChI is InChI=1S/C22H40INO3/c23-24-21(22(25)26)17-27-20-15-9-7-13-19(14-8-10-16-20)18-11-5-3-1-2-4-6-12-18/h18-21,24H,1-17H2,(H,25,26). The van der Waals surface area contributed by atoms with Crippen LogP contribution in [0.3, 0.4) is 0 Å². The second kappa shape index (κ2) is 14.2. The number of ether oxygens (including phenoxy) is 1. The fourth-order valence-corrected chi connectivity index (χ4v) is 5.45. The van der Waals surface area contributed by atoms with Crippen LogP contribution < -0.4 is 3.53 Å². The summed E-state index contributed by atoms with van der Waals surface area (Å²) in [6, 6.07) is -0.603. The quantitative estimate of drug-likeness (QED) is 0.339. The van der Waals surface area contributed by atoms with Crippen LogP contribution in [0.2, 0.25) is 0 Å². The number of hydrogen-bond acceptors (Lipinski definition) is 3. The summed E-state index contributed by atoms with van der Waals surface area (Å²) in [5.74, 6) is 1.09. The highest BCUT2D eigenvalue weighted by Gasteiger charge is 2.23.